The SMILES string of the molecule is C=CCOc1ccccc1/C=C1\C(=O)ON=C1C. The molecule has 0 bridgehead atoms. The lowest BCUT2D eigenvalue weighted by Gasteiger charge is -2.07. The molecule has 2 rings (SSSR count). The second kappa shape index (κ2) is 5.31. The highest BCUT2D eigenvalue weighted by Crippen LogP contribution is 2.23. The summed E-state index contributed by atoms with van der Waals surface area (Å²) in [4.78, 5) is 16.0. The van der Waals surface area contributed by atoms with Crippen molar-refractivity contribution in [1.29, 1.82) is 0 Å². The molecule has 4 nitrogen and oxygen atoms in total. The molecule has 1 heterocycles. The Bertz CT molecular complexity index is 544. The largest absolute Gasteiger partial charge is 0.489 e. The molecule has 0 spiro atoms. The third-order valence-corrected chi connectivity index (χ3v) is 2.45. The standard InChI is InChI=1S/C14H13NO3/c1-3-8-17-13-7-5-4-6-11(13)9-12-10(2)15-18-14(12)16/h3-7,9H,1,8H2,2H3/b12-9-. The molecule has 0 atom stereocenters. The fourth-order valence-corrected chi connectivity index (χ4v) is 1.55. The normalized spacial score (nSPS) is 16.4. The number of carbonyl (C=O) groups excluding carboxylic acids is 1. The second-order valence-corrected chi connectivity index (χ2v) is 3.75. The third kappa shape index (κ3) is 2.48. The zero-order valence-electron chi connectivity index (χ0n) is 10.1. The van der Waals surface area contributed by atoms with Crippen molar-refractivity contribution in [1.82, 2.24) is 0 Å². The monoisotopic (exact) mass is 243 g/mol. The Balaban J connectivity index is 2.33. The minimum absolute atomic E-state index is 0.414. The van der Waals surface area contributed by atoms with Crippen molar-refractivity contribution in [2.24, 2.45) is 5.16 Å². The molecule has 1 aromatic rings. The van der Waals surface area contributed by atoms with Crippen molar-refractivity contribution in [2.75, 3.05) is 6.61 Å². The average molecular weight is 243 g/mol. The van der Waals surface area contributed by atoms with Gasteiger partial charge in [-0.1, -0.05) is 36.0 Å². The minimum Gasteiger partial charge on any atom is -0.489 e. The number of hydrogen-bond donors (Lipinski definition) is 0. The average Bonchev–Trinajstić information content (AvgIpc) is 2.69. The summed E-state index contributed by atoms with van der Waals surface area (Å²) in [5.74, 6) is 0.253. The zero-order valence-corrected chi connectivity index (χ0v) is 10.1. The van der Waals surface area contributed by atoms with Gasteiger partial charge in [-0.3, -0.25) is 0 Å². The predicted octanol–water partition coefficient (Wildman–Crippen LogP) is 2.57. The van der Waals surface area contributed by atoms with E-state index < -0.39 is 5.97 Å². The number of nitrogens with zero attached hydrogens (tertiary/aromatic N) is 1. The number of hydrogen-bond acceptors (Lipinski definition) is 4. The van der Waals surface area contributed by atoms with Gasteiger partial charge in [0.25, 0.3) is 0 Å². The van der Waals surface area contributed by atoms with Gasteiger partial charge in [-0.25, -0.2) is 4.79 Å². The van der Waals surface area contributed by atoms with Crippen molar-refractivity contribution in [3.8, 4) is 5.75 Å². The molecule has 92 valence electrons. The number of para-hydroxylation sites is 1. The van der Waals surface area contributed by atoms with Crippen LogP contribution in [0.1, 0.15) is 12.5 Å². The topological polar surface area (TPSA) is 47.9 Å². The molecule has 18 heavy (non-hydrogen) atoms. The first-order chi connectivity index (χ1) is 8.72. The maximum absolute atomic E-state index is 11.5. The molecule has 1 aliphatic heterocycles. The summed E-state index contributed by atoms with van der Waals surface area (Å²) < 4.78 is 5.51. The second-order valence-electron chi connectivity index (χ2n) is 3.75. The van der Waals surface area contributed by atoms with Crippen molar-refractivity contribution in [3.63, 3.8) is 0 Å². The molecule has 0 aromatic heterocycles. The van der Waals surface area contributed by atoms with Gasteiger partial charge < -0.3 is 9.57 Å². The molecular weight excluding hydrogens is 230 g/mol. The van der Waals surface area contributed by atoms with Gasteiger partial charge in [-0.05, 0) is 19.1 Å². The first-order valence-electron chi connectivity index (χ1n) is 5.53. The number of rotatable bonds is 4. The number of benzene rings is 1. The summed E-state index contributed by atoms with van der Waals surface area (Å²) in [6, 6.07) is 7.45. The van der Waals surface area contributed by atoms with Gasteiger partial charge in [-0.2, -0.15) is 0 Å². The summed E-state index contributed by atoms with van der Waals surface area (Å²) in [6.45, 7) is 5.74. The van der Waals surface area contributed by atoms with E-state index in [1.54, 1.807) is 19.1 Å². The van der Waals surface area contributed by atoms with Crippen LogP contribution in [0.3, 0.4) is 0 Å². The van der Waals surface area contributed by atoms with Crippen LogP contribution in [0.15, 0.2) is 47.6 Å². The number of ether oxygens (including phenoxy) is 1. The maximum atomic E-state index is 11.5. The van der Waals surface area contributed by atoms with E-state index in [4.69, 9.17) is 4.74 Å². The highest BCUT2D eigenvalue weighted by Gasteiger charge is 2.22. The van der Waals surface area contributed by atoms with Gasteiger partial charge in [0.15, 0.2) is 0 Å². The van der Waals surface area contributed by atoms with E-state index in [-0.39, 0.29) is 0 Å². The molecular formula is C14H13NO3. The highest BCUT2D eigenvalue weighted by molar-refractivity contribution is 6.24. The van der Waals surface area contributed by atoms with Gasteiger partial charge in [0.1, 0.15) is 12.4 Å². The van der Waals surface area contributed by atoms with Crippen LogP contribution in [0.5, 0.6) is 5.75 Å². The minimum atomic E-state index is -0.439. The zero-order chi connectivity index (χ0) is 13.0. The summed E-state index contributed by atoms with van der Waals surface area (Å²) in [7, 11) is 0. The van der Waals surface area contributed by atoms with Crippen LogP contribution in [0.25, 0.3) is 6.08 Å². The van der Waals surface area contributed by atoms with E-state index in [0.717, 1.165) is 5.56 Å². The lowest BCUT2D eigenvalue weighted by atomic mass is 10.1. The van der Waals surface area contributed by atoms with Crippen LogP contribution in [0.2, 0.25) is 0 Å². The Labute approximate surface area is 105 Å². The van der Waals surface area contributed by atoms with Gasteiger partial charge in [0.2, 0.25) is 0 Å². The van der Waals surface area contributed by atoms with Crippen LogP contribution in [0, 0.1) is 0 Å². The maximum Gasteiger partial charge on any atom is 0.367 e. The van der Waals surface area contributed by atoms with Crippen LogP contribution in [-0.4, -0.2) is 18.3 Å². The third-order valence-electron chi connectivity index (χ3n) is 2.45. The van der Waals surface area contributed by atoms with Crippen LogP contribution in [0.4, 0.5) is 0 Å². The molecule has 0 fully saturated rings. The summed E-state index contributed by atoms with van der Waals surface area (Å²) in [6.07, 6.45) is 3.38. The van der Waals surface area contributed by atoms with E-state index >= 15 is 0 Å². The molecule has 4 heteroatoms. The van der Waals surface area contributed by atoms with Crippen molar-refractivity contribution >= 4 is 17.8 Å². The van der Waals surface area contributed by atoms with Crippen molar-refractivity contribution in [2.45, 2.75) is 6.92 Å². The number of oxime groups is 1. The van der Waals surface area contributed by atoms with Crippen LogP contribution in [-0.2, 0) is 9.63 Å². The van der Waals surface area contributed by atoms with Crippen molar-refractivity contribution < 1.29 is 14.4 Å². The molecule has 0 radical (unpaired) electrons. The fraction of sp³-hybridized carbons (Fsp3) is 0.143. The molecule has 1 aliphatic rings. The lowest BCUT2D eigenvalue weighted by molar-refractivity contribution is -0.136. The molecule has 0 N–H and O–H groups in total. The van der Waals surface area contributed by atoms with E-state index in [9.17, 15) is 4.79 Å². The van der Waals surface area contributed by atoms with Gasteiger partial charge in [0, 0.05) is 5.56 Å². The Kier molecular flexibility index (Phi) is 3.57. The van der Waals surface area contributed by atoms with E-state index in [1.165, 1.54) is 0 Å². The Morgan fingerprint density at radius 1 is 1.44 bits per heavy atom. The van der Waals surface area contributed by atoms with E-state index in [0.29, 0.717) is 23.6 Å². The smallest absolute Gasteiger partial charge is 0.367 e. The quantitative estimate of drug-likeness (QED) is 0.464. The Morgan fingerprint density at radius 2 is 2.22 bits per heavy atom. The summed E-state index contributed by atoms with van der Waals surface area (Å²) in [5, 5.41) is 3.63. The molecule has 1 aromatic carbocycles. The molecule has 0 saturated carbocycles. The fourth-order valence-electron chi connectivity index (χ4n) is 1.55. The lowest BCUT2D eigenvalue weighted by Crippen LogP contribution is -2.02. The highest BCUT2D eigenvalue weighted by atomic mass is 16.7. The molecule has 0 saturated heterocycles. The van der Waals surface area contributed by atoms with Crippen LogP contribution < -0.4 is 4.74 Å². The number of carbonyl (C=O) groups is 1. The predicted molar refractivity (Wildman–Crippen MR) is 69.3 cm³/mol. The first-order valence-corrected chi connectivity index (χ1v) is 5.53. The van der Waals surface area contributed by atoms with Gasteiger partial charge in [0.05, 0.1) is 11.3 Å². The van der Waals surface area contributed by atoms with Crippen LogP contribution >= 0.6 is 0 Å². The Morgan fingerprint density at radius 3 is 2.89 bits per heavy atom. The van der Waals surface area contributed by atoms with E-state index in [1.807, 2.05) is 24.3 Å². The summed E-state index contributed by atoms with van der Waals surface area (Å²) >= 11 is 0. The first kappa shape index (κ1) is 12.1. The molecule has 0 unspecified atom stereocenters. The summed E-state index contributed by atoms with van der Waals surface area (Å²) in [5.41, 5.74) is 1.82. The Hall–Kier alpha value is -2.36. The van der Waals surface area contributed by atoms with Gasteiger partial charge in [-0.15, -0.1) is 0 Å². The van der Waals surface area contributed by atoms with Crippen molar-refractivity contribution in [3.05, 3.63) is 48.1 Å². The molecule has 0 aliphatic carbocycles. The molecule has 0 amide bonds. The van der Waals surface area contributed by atoms with Gasteiger partial charge >= 0.3 is 5.97 Å². The van der Waals surface area contributed by atoms with E-state index in [2.05, 4.69) is 16.6 Å².